The number of nitrogens with two attached hydrogens (primary N) is 1. The SMILES string of the molecule is COc1cccc(C(=O)N2CCN(C(=O)c3ccccc3)C2C(=O)NC2CCC(N)CC2)c1. The average molecular weight is 451 g/mol. The number of carbonyl (C=O) groups excluding carboxylic acids is 3. The van der Waals surface area contributed by atoms with Crippen molar-refractivity contribution < 1.29 is 19.1 Å². The Morgan fingerprint density at radius 1 is 0.879 bits per heavy atom. The average Bonchev–Trinajstić information content (AvgIpc) is 3.30. The van der Waals surface area contributed by atoms with Crippen molar-refractivity contribution in [2.24, 2.45) is 5.73 Å². The molecule has 1 saturated carbocycles. The molecule has 1 aliphatic heterocycles. The molecule has 1 atom stereocenters. The minimum absolute atomic E-state index is 0.0136. The van der Waals surface area contributed by atoms with Crippen LogP contribution in [0, 0.1) is 0 Å². The highest BCUT2D eigenvalue weighted by Gasteiger charge is 2.43. The summed E-state index contributed by atoms with van der Waals surface area (Å²) in [6, 6.07) is 15.8. The Bertz CT molecular complexity index is 1000. The van der Waals surface area contributed by atoms with Crippen LogP contribution < -0.4 is 15.8 Å². The van der Waals surface area contributed by atoms with Gasteiger partial charge in [-0.3, -0.25) is 14.4 Å². The molecular formula is C25H30N4O4. The predicted molar refractivity (Wildman–Crippen MR) is 124 cm³/mol. The third-order valence-corrected chi connectivity index (χ3v) is 6.38. The highest BCUT2D eigenvalue weighted by atomic mass is 16.5. The van der Waals surface area contributed by atoms with Gasteiger partial charge in [0.25, 0.3) is 17.7 Å². The van der Waals surface area contributed by atoms with E-state index in [9.17, 15) is 14.4 Å². The van der Waals surface area contributed by atoms with E-state index in [1.165, 1.54) is 16.9 Å². The molecule has 2 aromatic rings. The van der Waals surface area contributed by atoms with Crippen LogP contribution in [-0.4, -0.2) is 66.0 Å². The molecule has 1 aliphatic carbocycles. The molecule has 0 aromatic heterocycles. The Hall–Kier alpha value is -3.39. The second-order valence-electron chi connectivity index (χ2n) is 8.59. The van der Waals surface area contributed by atoms with Crippen LogP contribution in [0.1, 0.15) is 46.4 Å². The number of benzene rings is 2. The first-order valence-electron chi connectivity index (χ1n) is 11.3. The van der Waals surface area contributed by atoms with Gasteiger partial charge in [-0.2, -0.15) is 0 Å². The maximum absolute atomic E-state index is 13.5. The van der Waals surface area contributed by atoms with Crippen molar-refractivity contribution in [3.05, 3.63) is 65.7 Å². The lowest BCUT2D eigenvalue weighted by molar-refractivity contribution is -0.129. The van der Waals surface area contributed by atoms with Gasteiger partial charge in [0.15, 0.2) is 6.17 Å². The fraction of sp³-hybridized carbons (Fsp3) is 0.400. The quantitative estimate of drug-likeness (QED) is 0.725. The highest BCUT2D eigenvalue weighted by molar-refractivity contribution is 6.02. The first-order valence-corrected chi connectivity index (χ1v) is 11.3. The second-order valence-corrected chi connectivity index (χ2v) is 8.59. The molecule has 8 heteroatoms. The van der Waals surface area contributed by atoms with Crippen molar-refractivity contribution >= 4 is 17.7 Å². The van der Waals surface area contributed by atoms with Gasteiger partial charge in [0.1, 0.15) is 5.75 Å². The molecule has 3 N–H and O–H groups in total. The van der Waals surface area contributed by atoms with E-state index in [-0.39, 0.29) is 42.9 Å². The van der Waals surface area contributed by atoms with Crippen molar-refractivity contribution in [3.63, 3.8) is 0 Å². The van der Waals surface area contributed by atoms with Crippen molar-refractivity contribution in [1.29, 1.82) is 0 Å². The molecule has 0 bridgehead atoms. The summed E-state index contributed by atoms with van der Waals surface area (Å²) >= 11 is 0. The molecule has 0 spiro atoms. The monoisotopic (exact) mass is 450 g/mol. The summed E-state index contributed by atoms with van der Waals surface area (Å²) in [4.78, 5) is 43.1. The number of ether oxygens (including phenoxy) is 1. The summed E-state index contributed by atoms with van der Waals surface area (Å²) in [7, 11) is 1.53. The van der Waals surface area contributed by atoms with Crippen molar-refractivity contribution in [1.82, 2.24) is 15.1 Å². The molecule has 2 aliphatic rings. The first-order chi connectivity index (χ1) is 16.0. The van der Waals surface area contributed by atoms with Gasteiger partial charge in [-0.25, -0.2) is 0 Å². The number of amides is 3. The fourth-order valence-corrected chi connectivity index (χ4v) is 4.54. The summed E-state index contributed by atoms with van der Waals surface area (Å²) in [6.45, 7) is 0.541. The number of carbonyl (C=O) groups is 3. The fourth-order valence-electron chi connectivity index (χ4n) is 4.54. The molecule has 3 amide bonds. The summed E-state index contributed by atoms with van der Waals surface area (Å²) in [5, 5.41) is 3.07. The van der Waals surface area contributed by atoms with E-state index in [0.29, 0.717) is 16.9 Å². The Morgan fingerprint density at radius 2 is 1.48 bits per heavy atom. The molecule has 0 radical (unpaired) electrons. The van der Waals surface area contributed by atoms with Crippen LogP contribution in [0.4, 0.5) is 0 Å². The van der Waals surface area contributed by atoms with E-state index in [4.69, 9.17) is 10.5 Å². The van der Waals surface area contributed by atoms with Crippen molar-refractivity contribution in [2.75, 3.05) is 20.2 Å². The van der Waals surface area contributed by atoms with Gasteiger partial charge < -0.3 is 25.6 Å². The second kappa shape index (κ2) is 10.0. The van der Waals surface area contributed by atoms with Crippen LogP contribution >= 0.6 is 0 Å². The number of methoxy groups -OCH3 is 1. The number of hydrogen-bond donors (Lipinski definition) is 2. The van der Waals surface area contributed by atoms with Crippen LogP contribution in [-0.2, 0) is 4.79 Å². The van der Waals surface area contributed by atoms with Gasteiger partial charge in [-0.1, -0.05) is 24.3 Å². The molecule has 4 rings (SSSR count). The normalized spacial score (nSPS) is 22.7. The van der Waals surface area contributed by atoms with Crippen LogP contribution in [0.5, 0.6) is 5.75 Å². The zero-order valence-electron chi connectivity index (χ0n) is 18.8. The van der Waals surface area contributed by atoms with Gasteiger partial charge in [-0.15, -0.1) is 0 Å². The van der Waals surface area contributed by atoms with Crippen LogP contribution in [0.2, 0.25) is 0 Å². The van der Waals surface area contributed by atoms with E-state index in [1.807, 2.05) is 6.07 Å². The molecule has 8 nitrogen and oxygen atoms in total. The summed E-state index contributed by atoms with van der Waals surface area (Å²) in [6.07, 6.45) is 2.24. The Kier molecular flexibility index (Phi) is 6.93. The number of nitrogens with one attached hydrogen (secondary N) is 1. The van der Waals surface area contributed by atoms with Crippen molar-refractivity contribution in [3.8, 4) is 5.75 Å². The first kappa shape index (κ1) is 22.8. The van der Waals surface area contributed by atoms with Crippen molar-refractivity contribution in [2.45, 2.75) is 43.9 Å². The summed E-state index contributed by atoms with van der Waals surface area (Å²) < 4.78 is 5.24. The molecule has 1 heterocycles. The predicted octanol–water partition coefficient (Wildman–Crippen LogP) is 2.01. The maximum atomic E-state index is 13.5. The number of hydrogen-bond acceptors (Lipinski definition) is 5. The lowest BCUT2D eigenvalue weighted by Gasteiger charge is -2.32. The van der Waals surface area contributed by atoms with E-state index in [0.717, 1.165) is 25.7 Å². The zero-order valence-corrected chi connectivity index (χ0v) is 18.8. The smallest absolute Gasteiger partial charge is 0.264 e. The molecule has 1 unspecified atom stereocenters. The van der Waals surface area contributed by atoms with Gasteiger partial charge in [0, 0.05) is 36.3 Å². The number of nitrogens with zero attached hydrogens (tertiary/aromatic N) is 2. The van der Waals surface area contributed by atoms with Gasteiger partial charge in [-0.05, 0) is 56.0 Å². The van der Waals surface area contributed by atoms with E-state index >= 15 is 0 Å². The Morgan fingerprint density at radius 3 is 2.12 bits per heavy atom. The van der Waals surface area contributed by atoms with E-state index < -0.39 is 6.17 Å². The molecular weight excluding hydrogens is 420 g/mol. The van der Waals surface area contributed by atoms with Gasteiger partial charge in [0.05, 0.1) is 7.11 Å². The lowest BCUT2D eigenvalue weighted by Crippen LogP contribution is -2.56. The minimum Gasteiger partial charge on any atom is -0.497 e. The van der Waals surface area contributed by atoms with E-state index in [2.05, 4.69) is 5.32 Å². The molecule has 2 fully saturated rings. The zero-order chi connectivity index (χ0) is 23.4. The van der Waals surface area contributed by atoms with Gasteiger partial charge >= 0.3 is 0 Å². The third kappa shape index (κ3) is 5.01. The maximum Gasteiger partial charge on any atom is 0.264 e. The van der Waals surface area contributed by atoms with Crippen LogP contribution in [0.25, 0.3) is 0 Å². The topological polar surface area (TPSA) is 105 Å². The number of rotatable bonds is 5. The standard InChI is InChI=1S/C25H30N4O4/c1-33-21-9-5-8-18(16-21)25(32)29-15-14-28(24(31)17-6-3-2-4-7-17)23(29)22(30)27-20-12-10-19(26)11-13-20/h2-9,16,19-20,23H,10-15,26H2,1H3,(H,27,30). The van der Waals surface area contributed by atoms with Crippen LogP contribution in [0.3, 0.4) is 0 Å². The largest absolute Gasteiger partial charge is 0.497 e. The lowest BCUT2D eigenvalue weighted by atomic mass is 9.92. The summed E-state index contributed by atoms with van der Waals surface area (Å²) in [5.41, 5.74) is 6.89. The molecule has 1 saturated heterocycles. The molecule has 2 aromatic carbocycles. The summed E-state index contributed by atoms with van der Waals surface area (Å²) in [5.74, 6) is -0.379. The molecule has 174 valence electrons. The van der Waals surface area contributed by atoms with Crippen LogP contribution in [0.15, 0.2) is 54.6 Å². The molecule has 33 heavy (non-hydrogen) atoms. The third-order valence-electron chi connectivity index (χ3n) is 6.38. The Balaban J connectivity index is 1.60. The van der Waals surface area contributed by atoms with E-state index in [1.54, 1.807) is 48.5 Å². The Labute approximate surface area is 193 Å². The minimum atomic E-state index is -1.02. The highest BCUT2D eigenvalue weighted by Crippen LogP contribution is 2.24. The van der Waals surface area contributed by atoms with Gasteiger partial charge in [0.2, 0.25) is 0 Å².